The van der Waals surface area contributed by atoms with E-state index in [9.17, 15) is 13.2 Å². The molecule has 0 rings (SSSR count). The highest BCUT2D eigenvalue weighted by Crippen LogP contribution is 2.34. The zero-order valence-electron chi connectivity index (χ0n) is 9.56. The third-order valence-electron chi connectivity index (χ3n) is 2.47. The molecule has 2 atom stereocenters. The Morgan fingerprint density at radius 1 is 1.31 bits per heavy atom. The van der Waals surface area contributed by atoms with Crippen LogP contribution in [0.3, 0.4) is 0 Å². The molecule has 0 aliphatic heterocycles. The van der Waals surface area contributed by atoms with Gasteiger partial charge in [0.05, 0.1) is 6.04 Å². The molecule has 0 fully saturated rings. The summed E-state index contributed by atoms with van der Waals surface area (Å²) in [6.45, 7) is 7.48. The van der Waals surface area contributed by atoms with Crippen LogP contribution in [-0.4, -0.2) is 12.2 Å². The van der Waals surface area contributed by atoms with Crippen LogP contribution in [0.5, 0.6) is 0 Å². The summed E-state index contributed by atoms with van der Waals surface area (Å²) in [5.41, 5.74) is 5.01. The van der Waals surface area contributed by atoms with Crippen LogP contribution in [0.25, 0.3) is 0 Å². The number of alkyl halides is 3. The first-order valence-electron chi connectivity index (χ1n) is 4.71. The van der Waals surface area contributed by atoms with E-state index in [0.29, 0.717) is 5.57 Å². The Bertz CT molecular complexity index is 295. The first-order chi connectivity index (χ1) is 7.12. The first-order valence-corrected chi connectivity index (χ1v) is 4.71. The van der Waals surface area contributed by atoms with Gasteiger partial charge in [-0.1, -0.05) is 13.5 Å². The molecular formula is C10H17F3N2O. The summed E-state index contributed by atoms with van der Waals surface area (Å²) < 4.78 is 37.2. The highest BCUT2D eigenvalue weighted by Gasteiger charge is 2.36. The smallest absolute Gasteiger partial charge is 0.412 e. The van der Waals surface area contributed by atoms with Gasteiger partial charge in [0.25, 0.3) is 0 Å². The molecule has 0 heterocycles. The van der Waals surface area contributed by atoms with Gasteiger partial charge in [0.15, 0.2) is 0 Å². The highest BCUT2D eigenvalue weighted by molar-refractivity contribution is 5.24. The minimum Gasteiger partial charge on any atom is -0.414 e. The maximum absolute atomic E-state index is 12.4. The number of hydrogen-bond donors (Lipinski definition) is 2. The van der Waals surface area contributed by atoms with Gasteiger partial charge in [-0.15, -0.1) is 0 Å². The SMILES string of the molecule is C=C(C(C)/C(C)=C(\ON)C(C)N)C(F)(F)F. The fourth-order valence-electron chi connectivity index (χ4n) is 1.28. The minimum atomic E-state index is -4.43. The fourth-order valence-corrected chi connectivity index (χ4v) is 1.28. The van der Waals surface area contributed by atoms with Crippen molar-refractivity contribution >= 4 is 0 Å². The van der Waals surface area contributed by atoms with Crippen molar-refractivity contribution in [3.8, 4) is 0 Å². The van der Waals surface area contributed by atoms with Crippen molar-refractivity contribution in [2.75, 3.05) is 0 Å². The van der Waals surface area contributed by atoms with Gasteiger partial charge in [0, 0.05) is 11.5 Å². The van der Waals surface area contributed by atoms with Crippen LogP contribution in [0.1, 0.15) is 20.8 Å². The molecule has 94 valence electrons. The lowest BCUT2D eigenvalue weighted by Crippen LogP contribution is -2.26. The molecule has 16 heavy (non-hydrogen) atoms. The fraction of sp³-hybridized carbons (Fsp3) is 0.600. The number of hydrogen-bond acceptors (Lipinski definition) is 3. The van der Waals surface area contributed by atoms with Crippen molar-refractivity contribution in [3.05, 3.63) is 23.5 Å². The Labute approximate surface area is 92.9 Å². The second-order valence-corrected chi connectivity index (χ2v) is 3.70. The monoisotopic (exact) mass is 238 g/mol. The molecule has 0 spiro atoms. The molecule has 0 radical (unpaired) electrons. The zero-order valence-corrected chi connectivity index (χ0v) is 9.56. The van der Waals surface area contributed by atoms with E-state index in [1.807, 2.05) is 0 Å². The molecule has 6 heteroatoms. The quantitative estimate of drug-likeness (QED) is 0.448. The average molecular weight is 238 g/mol. The van der Waals surface area contributed by atoms with Gasteiger partial charge in [-0.05, 0) is 19.4 Å². The molecular weight excluding hydrogens is 221 g/mol. The van der Waals surface area contributed by atoms with Crippen LogP contribution in [0.4, 0.5) is 13.2 Å². The van der Waals surface area contributed by atoms with Crippen molar-refractivity contribution in [1.29, 1.82) is 0 Å². The molecule has 0 aliphatic carbocycles. The summed E-state index contributed by atoms with van der Waals surface area (Å²) in [6.07, 6.45) is -4.43. The normalized spacial score (nSPS) is 17.5. The average Bonchev–Trinajstić information content (AvgIpc) is 2.14. The van der Waals surface area contributed by atoms with Crippen molar-refractivity contribution in [3.63, 3.8) is 0 Å². The molecule has 0 saturated carbocycles. The summed E-state index contributed by atoms with van der Waals surface area (Å²) in [4.78, 5) is 4.50. The summed E-state index contributed by atoms with van der Waals surface area (Å²) in [6, 6.07) is -0.562. The molecule has 0 aromatic carbocycles. The lowest BCUT2D eigenvalue weighted by molar-refractivity contribution is -0.0966. The van der Waals surface area contributed by atoms with Gasteiger partial charge < -0.3 is 10.6 Å². The summed E-state index contributed by atoms with van der Waals surface area (Å²) in [5.74, 6) is 4.21. The maximum atomic E-state index is 12.4. The van der Waals surface area contributed by atoms with E-state index in [2.05, 4.69) is 11.4 Å². The third-order valence-corrected chi connectivity index (χ3v) is 2.47. The molecule has 0 aromatic rings. The van der Waals surface area contributed by atoms with E-state index in [1.54, 1.807) is 6.92 Å². The molecule has 0 saturated heterocycles. The molecule has 3 nitrogen and oxygen atoms in total. The van der Waals surface area contributed by atoms with Crippen LogP contribution in [0, 0.1) is 5.92 Å². The molecule has 0 bridgehead atoms. The molecule has 0 amide bonds. The molecule has 0 aromatic heterocycles. The Morgan fingerprint density at radius 2 is 1.75 bits per heavy atom. The van der Waals surface area contributed by atoms with Gasteiger partial charge >= 0.3 is 6.18 Å². The van der Waals surface area contributed by atoms with Crippen molar-refractivity contribution < 1.29 is 18.0 Å². The van der Waals surface area contributed by atoms with E-state index in [1.165, 1.54) is 13.8 Å². The number of halogens is 3. The lowest BCUT2D eigenvalue weighted by Gasteiger charge is -2.21. The van der Waals surface area contributed by atoms with Crippen molar-refractivity contribution in [1.82, 2.24) is 0 Å². The minimum absolute atomic E-state index is 0.151. The van der Waals surface area contributed by atoms with Crippen molar-refractivity contribution in [2.45, 2.75) is 33.0 Å². The Balaban J connectivity index is 5.12. The number of nitrogens with two attached hydrogens (primary N) is 2. The van der Waals surface area contributed by atoms with Crippen molar-refractivity contribution in [2.24, 2.45) is 17.5 Å². The van der Waals surface area contributed by atoms with Gasteiger partial charge in [0.1, 0.15) is 5.76 Å². The number of rotatable bonds is 4. The standard InChI is InChI=1S/C10H17F3N2O/c1-5(7(3)10(11,12)13)6(2)9(16-15)8(4)14/h5,8H,3,14-15H2,1-2,4H3/b9-6-. The van der Waals surface area contributed by atoms with E-state index < -0.39 is 23.7 Å². The highest BCUT2D eigenvalue weighted by atomic mass is 19.4. The second kappa shape index (κ2) is 5.36. The van der Waals surface area contributed by atoms with Crippen LogP contribution < -0.4 is 11.6 Å². The predicted octanol–water partition coefficient (Wildman–Crippen LogP) is 2.25. The topological polar surface area (TPSA) is 61.3 Å². The molecule has 4 N–H and O–H groups in total. The van der Waals surface area contributed by atoms with Crippen LogP contribution in [0.2, 0.25) is 0 Å². The first kappa shape index (κ1) is 15.0. The zero-order chi connectivity index (χ0) is 13.1. The van der Waals surface area contributed by atoms with Crippen LogP contribution in [-0.2, 0) is 4.84 Å². The van der Waals surface area contributed by atoms with Gasteiger partial charge in [-0.3, -0.25) is 0 Å². The van der Waals surface area contributed by atoms with Crippen LogP contribution >= 0.6 is 0 Å². The summed E-state index contributed by atoms with van der Waals surface area (Å²) in [7, 11) is 0. The van der Waals surface area contributed by atoms with Gasteiger partial charge in [0.2, 0.25) is 0 Å². The predicted molar refractivity (Wildman–Crippen MR) is 56.0 cm³/mol. The Hall–Kier alpha value is -1.01. The van der Waals surface area contributed by atoms with E-state index in [-0.39, 0.29) is 5.76 Å². The lowest BCUT2D eigenvalue weighted by atomic mass is 9.92. The van der Waals surface area contributed by atoms with E-state index in [4.69, 9.17) is 11.6 Å². The maximum Gasteiger partial charge on any atom is 0.412 e. The number of allylic oxidation sites excluding steroid dienone is 2. The van der Waals surface area contributed by atoms with Gasteiger partial charge in [-0.25, -0.2) is 0 Å². The molecule has 0 aliphatic rings. The van der Waals surface area contributed by atoms with E-state index in [0.717, 1.165) is 0 Å². The van der Waals surface area contributed by atoms with Crippen LogP contribution in [0.15, 0.2) is 23.5 Å². The summed E-state index contributed by atoms with van der Waals surface area (Å²) >= 11 is 0. The Kier molecular flexibility index (Phi) is 5.02. The second-order valence-electron chi connectivity index (χ2n) is 3.70. The van der Waals surface area contributed by atoms with E-state index >= 15 is 0 Å². The Morgan fingerprint density at radius 3 is 2.00 bits per heavy atom. The van der Waals surface area contributed by atoms with Gasteiger partial charge in [-0.2, -0.15) is 19.1 Å². The third kappa shape index (κ3) is 3.53. The largest absolute Gasteiger partial charge is 0.414 e. The molecule has 2 unspecified atom stereocenters. The summed E-state index contributed by atoms with van der Waals surface area (Å²) in [5, 5.41) is 0.